The monoisotopic (exact) mass is 312 g/mol. The minimum absolute atomic E-state index is 0.0900. The molecule has 0 bridgehead atoms. The van der Waals surface area contributed by atoms with E-state index in [0.717, 1.165) is 25.2 Å². The zero-order valence-corrected chi connectivity index (χ0v) is 14.3. The lowest BCUT2D eigenvalue weighted by Gasteiger charge is -2.50. The molecule has 1 aromatic carbocycles. The second-order valence-corrected chi connectivity index (χ2v) is 8.47. The van der Waals surface area contributed by atoms with Crippen molar-refractivity contribution in [2.45, 2.75) is 70.8 Å². The Kier molecular flexibility index (Phi) is 3.64. The predicted molar refractivity (Wildman–Crippen MR) is 91.5 cm³/mol. The van der Waals surface area contributed by atoms with E-state index in [-0.39, 0.29) is 17.3 Å². The van der Waals surface area contributed by atoms with Crippen LogP contribution in [0.3, 0.4) is 0 Å². The number of hydrogen-bond acceptors (Lipinski definition) is 2. The fourth-order valence-electron chi connectivity index (χ4n) is 6.01. The zero-order valence-electron chi connectivity index (χ0n) is 14.3. The van der Waals surface area contributed by atoms with Crippen LogP contribution in [0.15, 0.2) is 18.2 Å². The Morgan fingerprint density at radius 1 is 1.26 bits per heavy atom. The highest BCUT2D eigenvalue weighted by molar-refractivity contribution is 5.78. The molecule has 1 N–H and O–H groups in total. The third kappa shape index (κ3) is 2.38. The van der Waals surface area contributed by atoms with Crippen molar-refractivity contribution in [1.82, 2.24) is 0 Å². The van der Waals surface area contributed by atoms with Gasteiger partial charge in [0.1, 0.15) is 5.78 Å². The molecule has 23 heavy (non-hydrogen) atoms. The number of rotatable bonds is 2. The summed E-state index contributed by atoms with van der Waals surface area (Å²) in [4.78, 5) is 11.4. The van der Waals surface area contributed by atoms with E-state index in [4.69, 9.17) is 0 Å². The maximum absolute atomic E-state index is 11.4. The summed E-state index contributed by atoms with van der Waals surface area (Å²) in [6.07, 6.45) is 7.45. The van der Waals surface area contributed by atoms with Crippen molar-refractivity contribution < 1.29 is 9.90 Å². The van der Waals surface area contributed by atoms with Gasteiger partial charge in [0.15, 0.2) is 0 Å². The van der Waals surface area contributed by atoms with Gasteiger partial charge in [0.05, 0.1) is 6.10 Å². The minimum Gasteiger partial charge on any atom is -0.393 e. The first-order chi connectivity index (χ1) is 11.0. The van der Waals surface area contributed by atoms with Gasteiger partial charge in [-0.05, 0) is 85.3 Å². The van der Waals surface area contributed by atoms with Gasteiger partial charge in [-0.25, -0.2) is 0 Å². The van der Waals surface area contributed by atoms with Crippen LogP contribution in [-0.4, -0.2) is 17.0 Å². The number of aliphatic hydroxyl groups is 1. The number of carbonyl (C=O) groups excluding carboxylic acids is 1. The molecule has 3 aliphatic rings. The highest BCUT2D eigenvalue weighted by atomic mass is 16.3. The Morgan fingerprint density at radius 3 is 2.87 bits per heavy atom. The van der Waals surface area contributed by atoms with Crippen molar-refractivity contribution in [3.8, 4) is 0 Å². The molecule has 1 aromatic rings. The van der Waals surface area contributed by atoms with Crippen LogP contribution in [0.5, 0.6) is 0 Å². The molecule has 2 nitrogen and oxygen atoms in total. The summed E-state index contributed by atoms with van der Waals surface area (Å²) < 4.78 is 0. The number of aliphatic hydroxyl groups excluding tert-OH is 1. The second kappa shape index (κ2) is 5.44. The summed E-state index contributed by atoms with van der Waals surface area (Å²) in [6.45, 7) is 4.00. The van der Waals surface area contributed by atoms with Gasteiger partial charge in [0.25, 0.3) is 0 Å². The number of hydrogen-bond donors (Lipinski definition) is 1. The van der Waals surface area contributed by atoms with Crippen molar-refractivity contribution in [2.75, 3.05) is 0 Å². The molecule has 5 atom stereocenters. The molecule has 0 saturated heterocycles. The molecule has 3 aliphatic carbocycles. The van der Waals surface area contributed by atoms with Crippen LogP contribution in [0.25, 0.3) is 0 Å². The van der Waals surface area contributed by atoms with Crippen LogP contribution < -0.4 is 0 Å². The van der Waals surface area contributed by atoms with Crippen molar-refractivity contribution in [3.05, 3.63) is 34.9 Å². The molecule has 2 heteroatoms. The summed E-state index contributed by atoms with van der Waals surface area (Å²) in [5.74, 6) is 2.36. The van der Waals surface area contributed by atoms with Crippen LogP contribution >= 0.6 is 0 Å². The normalized spacial score (nSPS) is 38.6. The van der Waals surface area contributed by atoms with Crippen LogP contribution in [0.1, 0.15) is 68.6 Å². The lowest BCUT2D eigenvalue weighted by Crippen LogP contribution is -2.43. The predicted octanol–water partition coefficient (Wildman–Crippen LogP) is 4.04. The molecule has 0 aliphatic heterocycles. The standard InChI is InChI=1S/C21H28O2/c1-13(22)11-14-3-5-16-15(12-14)4-6-18-17(16)9-10-21(2)19(18)7-8-20(21)23/h3,5,12,17-20,23H,4,6-11H2,1-2H3/t17-,18-,19+,20+,21+/m1/s1. The van der Waals surface area contributed by atoms with Crippen molar-refractivity contribution in [2.24, 2.45) is 17.3 Å². The van der Waals surface area contributed by atoms with E-state index >= 15 is 0 Å². The average Bonchev–Trinajstić information content (AvgIpc) is 2.82. The molecule has 0 radical (unpaired) electrons. The molecule has 0 unspecified atom stereocenters. The van der Waals surface area contributed by atoms with Gasteiger partial charge in [0.2, 0.25) is 0 Å². The van der Waals surface area contributed by atoms with Crippen molar-refractivity contribution >= 4 is 5.78 Å². The number of benzene rings is 1. The maximum Gasteiger partial charge on any atom is 0.134 e. The Balaban J connectivity index is 1.63. The zero-order chi connectivity index (χ0) is 16.2. The smallest absolute Gasteiger partial charge is 0.134 e. The summed E-state index contributed by atoms with van der Waals surface area (Å²) in [5, 5.41) is 10.5. The number of fused-ring (bicyclic) bond motifs is 5. The summed E-state index contributed by atoms with van der Waals surface area (Å²) in [5.41, 5.74) is 4.35. The van der Waals surface area contributed by atoms with Gasteiger partial charge < -0.3 is 5.11 Å². The maximum atomic E-state index is 11.4. The van der Waals surface area contributed by atoms with Crippen molar-refractivity contribution in [3.63, 3.8) is 0 Å². The van der Waals surface area contributed by atoms with Gasteiger partial charge in [0, 0.05) is 6.42 Å². The summed E-state index contributed by atoms with van der Waals surface area (Å²) in [6, 6.07) is 6.75. The van der Waals surface area contributed by atoms with E-state index in [0.29, 0.717) is 18.3 Å². The highest BCUT2D eigenvalue weighted by Gasteiger charge is 2.54. The van der Waals surface area contributed by atoms with E-state index in [1.165, 1.54) is 36.0 Å². The Hall–Kier alpha value is -1.15. The largest absolute Gasteiger partial charge is 0.393 e. The van der Waals surface area contributed by atoms with Gasteiger partial charge in [-0.1, -0.05) is 25.1 Å². The Bertz CT molecular complexity index is 635. The third-order valence-corrected chi connectivity index (χ3v) is 7.19. The van der Waals surface area contributed by atoms with Gasteiger partial charge in [-0.3, -0.25) is 4.79 Å². The first-order valence-electron chi connectivity index (χ1n) is 9.28. The van der Waals surface area contributed by atoms with Crippen LogP contribution in [0, 0.1) is 17.3 Å². The minimum atomic E-state index is -0.0900. The first-order valence-corrected chi connectivity index (χ1v) is 9.28. The molecule has 2 fully saturated rings. The van der Waals surface area contributed by atoms with E-state index in [9.17, 15) is 9.90 Å². The Labute approximate surface area is 139 Å². The highest BCUT2D eigenvalue weighted by Crippen LogP contribution is 2.60. The molecule has 0 aromatic heterocycles. The molecule has 0 spiro atoms. The number of aryl methyl sites for hydroxylation is 1. The molecule has 124 valence electrons. The van der Waals surface area contributed by atoms with E-state index in [1.807, 2.05) is 0 Å². The lowest BCUT2D eigenvalue weighted by atomic mass is 9.55. The quantitative estimate of drug-likeness (QED) is 0.895. The fraction of sp³-hybridized carbons (Fsp3) is 0.667. The molecule has 0 amide bonds. The van der Waals surface area contributed by atoms with Crippen LogP contribution in [0.4, 0.5) is 0 Å². The first kappa shape index (κ1) is 15.4. The third-order valence-electron chi connectivity index (χ3n) is 7.19. The SMILES string of the molecule is CC(=O)Cc1ccc2c(c1)CC[C@@H]1[C@@H]2CC[C@]2(C)[C@@H](O)CC[C@@H]12. The fourth-order valence-corrected chi connectivity index (χ4v) is 6.01. The Morgan fingerprint density at radius 2 is 2.09 bits per heavy atom. The van der Waals surface area contributed by atoms with E-state index in [2.05, 4.69) is 25.1 Å². The summed E-state index contributed by atoms with van der Waals surface area (Å²) in [7, 11) is 0. The molecule has 2 saturated carbocycles. The number of Topliss-reactive ketones (excluding diaryl/α,β-unsaturated/α-hetero) is 1. The molecular weight excluding hydrogens is 284 g/mol. The summed E-state index contributed by atoms with van der Waals surface area (Å²) >= 11 is 0. The molecule has 4 rings (SSSR count). The second-order valence-electron chi connectivity index (χ2n) is 8.47. The van der Waals surface area contributed by atoms with Gasteiger partial charge in [-0.2, -0.15) is 0 Å². The van der Waals surface area contributed by atoms with E-state index in [1.54, 1.807) is 6.92 Å². The van der Waals surface area contributed by atoms with Crippen molar-refractivity contribution in [1.29, 1.82) is 0 Å². The van der Waals surface area contributed by atoms with Gasteiger partial charge in [-0.15, -0.1) is 0 Å². The van der Waals surface area contributed by atoms with E-state index < -0.39 is 0 Å². The topological polar surface area (TPSA) is 37.3 Å². The van der Waals surface area contributed by atoms with Gasteiger partial charge >= 0.3 is 0 Å². The number of ketones is 1. The average molecular weight is 312 g/mol. The lowest BCUT2D eigenvalue weighted by molar-refractivity contribution is -0.116. The van der Waals surface area contributed by atoms with Crippen LogP contribution in [0.2, 0.25) is 0 Å². The van der Waals surface area contributed by atoms with Crippen LogP contribution in [-0.2, 0) is 17.6 Å². The number of carbonyl (C=O) groups is 1. The molecule has 0 heterocycles. The molecular formula is C21H28O2.